The van der Waals surface area contributed by atoms with Gasteiger partial charge in [-0.2, -0.15) is 0 Å². The third-order valence-corrected chi connectivity index (χ3v) is 4.22. The van der Waals surface area contributed by atoms with Crippen molar-refractivity contribution in [1.29, 1.82) is 0 Å². The zero-order valence-electron chi connectivity index (χ0n) is 7.82. The van der Waals surface area contributed by atoms with E-state index in [1.807, 2.05) is 6.07 Å². The van der Waals surface area contributed by atoms with E-state index in [9.17, 15) is 0 Å². The summed E-state index contributed by atoms with van der Waals surface area (Å²) >= 11 is 3.47. The Balaban J connectivity index is 1.72. The van der Waals surface area contributed by atoms with E-state index in [1.165, 1.54) is 6.42 Å². The average molecular weight is 257 g/mol. The van der Waals surface area contributed by atoms with Gasteiger partial charge in [-0.1, -0.05) is 0 Å². The van der Waals surface area contributed by atoms with Crippen molar-refractivity contribution in [3.8, 4) is 0 Å². The Kier molecular flexibility index (Phi) is 1.97. The number of nitrogens with zero attached hydrogens (tertiary/aromatic N) is 1. The summed E-state index contributed by atoms with van der Waals surface area (Å²) in [5, 5.41) is 0. The van der Waals surface area contributed by atoms with Gasteiger partial charge in [-0.05, 0) is 34.3 Å². The fourth-order valence-electron chi connectivity index (χ4n) is 2.57. The molecular formula is C10H13BrN2O. The molecule has 1 aromatic heterocycles. The van der Waals surface area contributed by atoms with E-state index in [1.54, 1.807) is 6.26 Å². The van der Waals surface area contributed by atoms with Crippen LogP contribution in [0.5, 0.6) is 0 Å². The Morgan fingerprint density at radius 1 is 1.64 bits per heavy atom. The van der Waals surface area contributed by atoms with Crippen molar-refractivity contribution in [2.75, 3.05) is 6.54 Å². The number of hydrogen-bond acceptors (Lipinski definition) is 3. The molecule has 3 unspecified atom stereocenters. The largest absolute Gasteiger partial charge is 0.467 e. The van der Waals surface area contributed by atoms with Crippen LogP contribution in [0.15, 0.2) is 21.2 Å². The monoisotopic (exact) mass is 256 g/mol. The highest BCUT2D eigenvalue weighted by Gasteiger charge is 2.49. The van der Waals surface area contributed by atoms with Crippen molar-refractivity contribution in [2.45, 2.75) is 25.0 Å². The molecular weight excluding hydrogens is 244 g/mol. The Labute approximate surface area is 91.4 Å². The van der Waals surface area contributed by atoms with Gasteiger partial charge in [0.05, 0.1) is 17.3 Å². The molecule has 14 heavy (non-hydrogen) atoms. The molecule has 1 aliphatic carbocycles. The van der Waals surface area contributed by atoms with Crippen LogP contribution < -0.4 is 5.73 Å². The lowest BCUT2D eigenvalue weighted by Crippen LogP contribution is -2.49. The number of fused-ring (bicyclic) bond motifs is 1. The van der Waals surface area contributed by atoms with Crippen molar-refractivity contribution in [2.24, 2.45) is 11.7 Å². The molecule has 3 heterocycles. The van der Waals surface area contributed by atoms with Crippen molar-refractivity contribution in [3.63, 3.8) is 0 Å². The molecule has 3 nitrogen and oxygen atoms in total. The summed E-state index contributed by atoms with van der Waals surface area (Å²) in [5.41, 5.74) is 6.00. The number of hydrogen-bond donors (Lipinski definition) is 1. The SMILES string of the molecule is NC1C2CC1N(Cc1occc1Br)C2. The molecule has 0 spiro atoms. The Morgan fingerprint density at radius 3 is 3.00 bits per heavy atom. The normalized spacial score (nSPS) is 36.0. The molecule has 3 atom stereocenters. The summed E-state index contributed by atoms with van der Waals surface area (Å²) in [7, 11) is 0. The van der Waals surface area contributed by atoms with Gasteiger partial charge >= 0.3 is 0 Å². The van der Waals surface area contributed by atoms with E-state index >= 15 is 0 Å². The van der Waals surface area contributed by atoms with Crippen LogP contribution in [0.3, 0.4) is 0 Å². The first kappa shape index (κ1) is 8.95. The van der Waals surface area contributed by atoms with Crippen LogP contribution >= 0.6 is 15.9 Å². The predicted molar refractivity (Wildman–Crippen MR) is 56.7 cm³/mol. The maximum absolute atomic E-state index is 6.00. The lowest BCUT2D eigenvalue weighted by atomic mass is 9.81. The second kappa shape index (κ2) is 3.08. The maximum Gasteiger partial charge on any atom is 0.131 e. The van der Waals surface area contributed by atoms with Crippen LogP contribution in [0.25, 0.3) is 0 Å². The maximum atomic E-state index is 6.00. The van der Waals surface area contributed by atoms with Gasteiger partial charge < -0.3 is 10.2 Å². The molecule has 2 saturated heterocycles. The van der Waals surface area contributed by atoms with Crippen molar-refractivity contribution < 1.29 is 4.42 Å². The summed E-state index contributed by atoms with van der Waals surface area (Å²) in [5.74, 6) is 1.75. The lowest BCUT2D eigenvalue weighted by molar-refractivity contribution is 0.197. The molecule has 4 rings (SSSR count). The molecule has 4 heteroatoms. The van der Waals surface area contributed by atoms with E-state index in [4.69, 9.17) is 10.2 Å². The zero-order chi connectivity index (χ0) is 9.71. The fourth-order valence-corrected chi connectivity index (χ4v) is 2.90. The number of rotatable bonds is 2. The summed E-state index contributed by atoms with van der Waals surface area (Å²) in [6.07, 6.45) is 3.00. The van der Waals surface area contributed by atoms with Gasteiger partial charge in [-0.15, -0.1) is 0 Å². The van der Waals surface area contributed by atoms with Crippen LogP contribution in [-0.4, -0.2) is 23.5 Å². The number of halogens is 1. The van der Waals surface area contributed by atoms with Crippen molar-refractivity contribution >= 4 is 15.9 Å². The number of furan rings is 1. The minimum Gasteiger partial charge on any atom is -0.467 e. The molecule has 0 amide bonds. The molecule has 76 valence electrons. The Hall–Kier alpha value is -0.320. The van der Waals surface area contributed by atoms with Crippen LogP contribution in [0, 0.1) is 5.92 Å². The molecule has 2 bridgehead atoms. The summed E-state index contributed by atoms with van der Waals surface area (Å²) in [4.78, 5) is 2.43. The van der Waals surface area contributed by atoms with Crippen LogP contribution in [0.1, 0.15) is 12.2 Å². The lowest BCUT2D eigenvalue weighted by Gasteiger charge is -2.33. The predicted octanol–water partition coefficient (Wildman–Crippen LogP) is 1.57. The average Bonchev–Trinajstić information content (AvgIpc) is 2.81. The molecule has 3 aliphatic rings. The van der Waals surface area contributed by atoms with E-state index in [0.29, 0.717) is 12.1 Å². The van der Waals surface area contributed by atoms with Gasteiger partial charge in [-0.3, -0.25) is 4.90 Å². The topological polar surface area (TPSA) is 42.4 Å². The Morgan fingerprint density at radius 2 is 2.50 bits per heavy atom. The summed E-state index contributed by atoms with van der Waals surface area (Å²) in [6.45, 7) is 2.03. The minimum absolute atomic E-state index is 0.406. The molecule has 0 radical (unpaired) electrons. The van der Waals surface area contributed by atoms with Crippen LogP contribution in [-0.2, 0) is 6.54 Å². The second-order valence-corrected chi connectivity index (χ2v) is 5.12. The molecule has 0 aromatic carbocycles. The van der Waals surface area contributed by atoms with Gasteiger partial charge in [0.25, 0.3) is 0 Å². The molecule has 2 aliphatic heterocycles. The third-order valence-electron chi connectivity index (χ3n) is 3.51. The fraction of sp³-hybridized carbons (Fsp3) is 0.600. The minimum atomic E-state index is 0.406. The van der Waals surface area contributed by atoms with Crippen molar-refractivity contribution in [3.05, 3.63) is 22.6 Å². The van der Waals surface area contributed by atoms with E-state index in [0.717, 1.165) is 29.2 Å². The standard InChI is InChI=1S/C10H13BrN2O/c11-7-1-2-14-9(7)5-13-4-6-3-8(13)10(6)12/h1-2,6,8,10H,3-5,12H2. The van der Waals surface area contributed by atoms with E-state index < -0.39 is 0 Å². The second-order valence-electron chi connectivity index (χ2n) is 4.26. The van der Waals surface area contributed by atoms with Crippen LogP contribution in [0.4, 0.5) is 0 Å². The zero-order valence-corrected chi connectivity index (χ0v) is 9.40. The third kappa shape index (κ3) is 1.17. The highest BCUT2D eigenvalue weighted by Crippen LogP contribution is 2.40. The molecule has 2 N–H and O–H groups in total. The van der Waals surface area contributed by atoms with Gasteiger partial charge in [0.1, 0.15) is 5.76 Å². The first-order chi connectivity index (χ1) is 6.75. The summed E-state index contributed by atoms with van der Waals surface area (Å²) in [6, 6.07) is 2.94. The quantitative estimate of drug-likeness (QED) is 0.874. The first-order valence-electron chi connectivity index (χ1n) is 4.97. The smallest absolute Gasteiger partial charge is 0.131 e. The first-order valence-corrected chi connectivity index (χ1v) is 5.76. The molecule has 3 fully saturated rings. The van der Waals surface area contributed by atoms with Crippen LogP contribution in [0.2, 0.25) is 0 Å². The van der Waals surface area contributed by atoms with Gasteiger partial charge in [0.15, 0.2) is 0 Å². The van der Waals surface area contributed by atoms with E-state index in [2.05, 4.69) is 20.8 Å². The van der Waals surface area contributed by atoms with Gasteiger partial charge in [0.2, 0.25) is 0 Å². The summed E-state index contributed by atoms with van der Waals surface area (Å²) < 4.78 is 6.46. The van der Waals surface area contributed by atoms with Gasteiger partial charge in [-0.25, -0.2) is 0 Å². The van der Waals surface area contributed by atoms with E-state index in [-0.39, 0.29) is 0 Å². The van der Waals surface area contributed by atoms with Gasteiger partial charge in [0, 0.05) is 18.6 Å². The highest BCUT2D eigenvalue weighted by molar-refractivity contribution is 9.10. The molecule has 1 aromatic rings. The molecule has 1 saturated carbocycles. The number of nitrogens with two attached hydrogens (primary N) is 1. The highest BCUT2D eigenvalue weighted by atomic mass is 79.9. The Bertz CT molecular complexity index is 352. The van der Waals surface area contributed by atoms with Crippen molar-refractivity contribution in [1.82, 2.24) is 4.90 Å².